The maximum Gasteiger partial charge on any atom is 0.182 e. The molecule has 1 aliphatic rings. The van der Waals surface area contributed by atoms with Crippen molar-refractivity contribution in [2.24, 2.45) is 5.92 Å². The minimum absolute atomic E-state index is 0.229. The van der Waals surface area contributed by atoms with Crippen LogP contribution in [0.25, 0.3) is 10.9 Å². The van der Waals surface area contributed by atoms with Gasteiger partial charge in [0.15, 0.2) is 5.78 Å². The number of carbonyl (C=O) groups excluding carboxylic acids is 1. The van der Waals surface area contributed by atoms with Crippen LogP contribution in [0.4, 0.5) is 0 Å². The summed E-state index contributed by atoms with van der Waals surface area (Å²) in [5.74, 6) is 0.731. The molecule has 0 spiro atoms. The number of nitrogens with zero attached hydrogens (tertiary/aromatic N) is 1. The van der Waals surface area contributed by atoms with E-state index in [1.807, 2.05) is 18.2 Å². The van der Waals surface area contributed by atoms with E-state index in [9.17, 15) is 4.79 Å². The highest BCUT2D eigenvalue weighted by atomic mass is 16.1. The summed E-state index contributed by atoms with van der Waals surface area (Å²) in [6, 6.07) is 5.79. The van der Waals surface area contributed by atoms with Crippen LogP contribution in [0.1, 0.15) is 43.5 Å². The normalized spacial score (nSPS) is 22.8. The number of benzene rings is 1. The van der Waals surface area contributed by atoms with Crippen molar-refractivity contribution in [1.29, 1.82) is 0 Å². The zero-order chi connectivity index (χ0) is 14.2. The van der Waals surface area contributed by atoms with Crippen molar-refractivity contribution in [3.8, 4) is 0 Å². The van der Waals surface area contributed by atoms with Gasteiger partial charge in [-0.3, -0.25) is 9.89 Å². The molecule has 1 fully saturated rings. The van der Waals surface area contributed by atoms with Gasteiger partial charge in [-0.2, -0.15) is 5.10 Å². The lowest BCUT2D eigenvalue weighted by Gasteiger charge is -2.30. The molecule has 0 saturated carbocycles. The van der Waals surface area contributed by atoms with E-state index in [1.165, 1.54) is 0 Å². The molecule has 0 bridgehead atoms. The van der Waals surface area contributed by atoms with E-state index < -0.39 is 0 Å². The van der Waals surface area contributed by atoms with Crippen LogP contribution in [-0.2, 0) is 0 Å². The number of carbonyl (C=O) groups is 1. The largest absolute Gasteiger partial charge is 0.305 e. The monoisotopic (exact) mass is 271 g/mol. The first-order chi connectivity index (χ1) is 9.61. The number of nitrogens with one attached hydrogen (secondary N) is 2. The van der Waals surface area contributed by atoms with Crippen LogP contribution in [0.5, 0.6) is 0 Å². The van der Waals surface area contributed by atoms with Gasteiger partial charge in [-0.15, -0.1) is 0 Å². The van der Waals surface area contributed by atoms with Gasteiger partial charge >= 0.3 is 0 Å². The van der Waals surface area contributed by atoms with Crippen LogP contribution in [-0.4, -0.2) is 28.1 Å². The van der Waals surface area contributed by atoms with E-state index in [2.05, 4.69) is 29.4 Å². The second-order valence-corrected chi connectivity index (χ2v) is 6.21. The molecule has 4 heteroatoms. The van der Waals surface area contributed by atoms with E-state index in [1.54, 1.807) is 6.20 Å². The standard InChI is InChI=1S/C16H21N3O/c1-11(2)9-16(6-3-7-17-16)15(20)12-4-5-14-13(8-12)10-18-19-14/h4-5,8,10-11,17H,3,6-7,9H2,1-2H3,(H,18,19)/t16-/m0/s1. The fourth-order valence-electron chi connectivity index (χ4n) is 3.32. The molecule has 2 N–H and O–H groups in total. The molecule has 1 aliphatic heterocycles. The molecule has 1 saturated heterocycles. The van der Waals surface area contributed by atoms with Gasteiger partial charge in [-0.05, 0) is 49.9 Å². The van der Waals surface area contributed by atoms with Gasteiger partial charge in [-0.25, -0.2) is 0 Å². The van der Waals surface area contributed by atoms with Crippen LogP contribution in [0, 0.1) is 5.92 Å². The summed E-state index contributed by atoms with van der Waals surface area (Å²) in [6.07, 6.45) is 4.68. The molecule has 20 heavy (non-hydrogen) atoms. The highest BCUT2D eigenvalue weighted by molar-refractivity contribution is 6.05. The summed E-state index contributed by atoms with van der Waals surface area (Å²) >= 11 is 0. The predicted molar refractivity (Wildman–Crippen MR) is 79.8 cm³/mol. The summed E-state index contributed by atoms with van der Waals surface area (Å²) in [5.41, 5.74) is 1.39. The molecule has 1 aromatic heterocycles. The van der Waals surface area contributed by atoms with Crippen molar-refractivity contribution in [1.82, 2.24) is 15.5 Å². The first-order valence-electron chi connectivity index (χ1n) is 7.34. The molecule has 1 aromatic carbocycles. The number of aromatic nitrogens is 2. The van der Waals surface area contributed by atoms with Crippen LogP contribution in [0.15, 0.2) is 24.4 Å². The van der Waals surface area contributed by atoms with Crippen LogP contribution >= 0.6 is 0 Å². The summed E-state index contributed by atoms with van der Waals surface area (Å²) in [4.78, 5) is 13.0. The Labute approximate surface area is 119 Å². The number of hydrogen-bond acceptors (Lipinski definition) is 3. The predicted octanol–water partition coefficient (Wildman–Crippen LogP) is 2.91. The van der Waals surface area contributed by atoms with Gasteiger partial charge in [0.05, 0.1) is 17.3 Å². The Balaban J connectivity index is 1.96. The van der Waals surface area contributed by atoms with Gasteiger partial charge in [0, 0.05) is 10.9 Å². The Kier molecular flexibility index (Phi) is 3.34. The minimum Gasteiger partial charge on any atom is -0.305 e. The van der Waals surface area contributed by atoms with Crippen molar-refractivity contribution in [3.05, 3.63) is 30.0 Å². The molecule has 2 aromatic rings. The van der Waals surface area contributed by atoms with Crippen molar-refractivity contribution in [2.45, 2.75) is 38.6 Å². The SMILES string of the molecule is CC(C)C[C@]1(C(=O)c2ccc3[nH]ncc3c2)CCCN1. The molecule has 4 nitrogen and oxygen atoms in total. The maximum atomic E-state index is 13.0. The van der Waals surface area contributed by atoms with Gasteiger partial charge < -0.3 is 5.32 Å². The van der Waals surface area contributed by atoms with Gasteiger partial charge in [0.25, 0.3) is 0 Å². The Morgan fingerprint density at radius 2 is 2.30 bits per heavy atom. The first-order valence-corrected chi connectivity index (χ1v) is 7.34. The third kappa shape index (κ3) is 2.24. The molecule has 106 valence electrons. The van der Waals surface area contributed by atoms with Gasteiger partial charge in [0.2, 0.25) is 0 Å². The van der Waals surface area contributed by atoms with E-state index in [4.69, 9.17) is 0 Å². The number of rotatable bonds is 4. The fraction of sp³-hybridized carbons (Fsp3) is 0.500. The summed E-state index contributed by atoms with van der Waals surface area (Å²) < 4.78 is 0. The third-order valence-electron chi connectivity index (χ3n) is 4.14. The number of Topliss-reactive ketones (excluding diaryl/α,β-unsaturated/α-hetero) is 1. The zero-order valence-corrected chi connectivity index (χ0v) is 12.1. The summed E-state index contributed by atoms with van der Waals surface area (Å²) in [6.45, 7) is 5.29. The van der Waals surface area contributed by atoms with E-state index in [-0.39, 0.29) is 11.3 Å². The molecule has 2 heterocycles. The molecule has 3 rings (SSSR count). The van der Waals surface area contributed by atoms with Crippen molar-refractivity contribution in [3.63, 3.8) is 0 Å². The lowest BCUT2D eigenvalue weighted by Crippen LogP contribution is -2.48. The van der Waals surface area contributed by atoms with Crippen LogP contribution < -0.4 is 5.32 Å². The van der Waals surface area contributed by atoms with Gasteiger partial charge in [0.1, 0.15) is 0 Å². The molecule has 0 aliphatic carbocycles. The zero-order valence-electron chi connectivity index (χ0n) is 12.1. The smallest absolute Gasteiger partial charge is 0.182 e. The number of H-pyrrole nitrogens is 1. The lowest BCUT2D eigenvalue weighted by atomic mass is 9.81. The highest BCUT2D eigenvalue weighted by Crippen LogP contribution is 2.31. The fourth-order valence-corrected chi connectivity index (χ4v) is 3.32. The van der Waals surface area contributed by atoms with Gasteiger partial charge in [-0.1, -0.05) is 13.8 Å². The number of hydrogen-bond donors (Lipinski definition) is 2. The average molecular weight is 271 g/mol. The molecular formula is C16H21N3O. The van der Waals surface area contributed by atoms with Crippen LogP contribution in [0.2, 0.25) is 0 Å². The van der Waals surface area contributed by atoms with Crippen molar-refractivity contribution < 1.29 is 4.79 Å². The second-order valence-electron chi connectivity index (χ2n) is 6.21. The van der Waals surface area contributed by atoms with E-state index in [0.29, 0.717) is 5.92 Å². The Morgan fingerprint density at radius 1 is 1.45 bits per heavy atom. The number of fused-ring (bicyclic) bond motifs is 1. The third-order valence-corrected chi connectivity index (χ3v) is 4.14. The minimum atomic E-state index is -0.369. The maximum absolute atomic E-state index is 13.0. The van der Waals surface area contributed by atoms with Crippen molar-refractivity contribution in [2.75, 3.05) is 6.54 Å². The molecule has 1 atom stereocenters. The number of aromatic amines is 1. The first kappa shape index (κ1) is 13.3. The van der Waals surface area contributed by atoms with Crippen LogP contribution in [0.3, 0.4) is 0 Å². The Hall–Kier alpha value is -1.68. The highest BCUT2D eigenvalue weighted by Gasteiger charge is 2.41. The average Bonchev–Trinajstić information content (AvgIpc) is 3.05. The molecule has 0 unspecified atom stereocenters. The summed E-state index contributed by atoms with van der Waals surface area (Å²) in [5, 5.41) is 11.4. The lowest BCUT2D eigenvalue weighted by molar-refractivity contribution is 0.0844. The topological polar surface area (TPSA) is 57.8 Å². The number of ketones is 1. The molecule has 0 amide bonds. The second kappa shape index (κ2) is 5.02. The summed E-state index contributed by atoms with van der Waals surface area (Å²) in [7, 11) is 0. The molecular weight excluding hydrogens is 250 g/mol. The Morgan fingerprint density at radius 3 is 3.00 bits per heavy atom. The molecule has 0 radical (unpaired) electrons. The van der Waals surface area contributed by atoms with E-state index in [0.717, 1.165) is 42.3 Å². The van der Waals surface area contributed by atoms with Crippen molar-refractivity contribution >= 4 is 16.7 Å². The van der Waals surface area contributed by atoms with E-state index >= 15 is 0 Å². The Bertz CT molecular complexity index is 623. The quantitative estimate of drug-likeness (QED) is 0.841.